The Hall–Kier alpha value is -1.13. The molecule has 2 aromatic rings. The maximum atomic E-state index is 13.1. The van der Waals surface area contributed by atoms with Crippen LogP contribution in [0.4, 0.5) is 15.9 Å². The third-order valence-corrected chi connectivity index (χ3v) is 3.04. The van der Waals surface area contributed by atoms with Crippen LogP contribution < -0.4 is 5.32 Å². The fraction of sp³-hybridized carbons (Fsp3) is 0.0833. The molecule has 0 radical (unpaired) electrons. The summed E-state index contributed by atoms with van der Waals surface area (Å²) < 4.78 is 13.9. The van der Waals surface area contributed by atoms with Gasteiger partial charge < -0.3 is 5.32 Å². The molecule has 0 bridgehead atoms. The number of aromatic nitrogens is 1. The van der Waals surface area contributed by atoms with Crippen LogP contribution in [0.25, 0.3) is 0 Å². The van der Waals surface area contributed by atoms with E-state index in [1.54, 1.807) is 31.3 Å². The largest absolute Gasteiger partial charge is 0.339 e. The van der Waals surface area contributed by atoms with Gasteiger partial charge in [-0.25, -0.2) is 9.37 Å². The van der Waals surface area contributed by atoms with Crippen molar-refractivity contribution < 1.29 is 4.39 Å². The molecule has 0 aliphatic carbocycles. The minimum absolute atomic E-state index is 0.223. The van der Waals surface area contributed by atoms with Gasteiger partial charge in [-0.3, -0.25) is 0 Å². The molecule has 0 spiro atoms. The van der Waals surface area contributed by atoms with Crippen molar-refractivity contribution in [2.45, 2.75) is 6.92 Å². The van der Waals surface area contributed by atoms with Crippen molar-refractivity contribution in [3.05, 3.63) is 51.3 Å². The molecule has 1 heterocycles. The van der Waals surface area contributed by atoms with E-state index in [1.807, 2.05) is 0 Å². The first kappa shape index (κ1) is 12.3. The standard InChI is InChI=1S/C12H9BrClFN2/c1-7-4-9(2-3-11(7)15)17-12-10(13)5-8(14)6-16-12/h2-6H,1H3,(H,16,17). The number of benzene rings is 1. The number of halogens is 3. The topological polar surface area (TPSA) is 24.9 Å². The van der Waals surface area contributed by atoms with Crippen molar-refractivity contribution in [2.75, 3.05) is 5.32 Å². The van der Waals surface area contributed by atoms with Gasteiger partial charge in [-0.05, 0) is 52.7 Å². The van der Waals surface area contributed by atoms with Gasteiger partial charge in [0.05, 0.1) is 9.50 Å². The van der Waals surface area contributed by atoms with Gasteiger partial charge in [0.25, 0.3) is 0 Å². The maximum Gasteiger partial charge on any atom is 0.144 e. The van der Waals surface area contributed by atoms with Crippen molar-refractivity contribution in [3.8, 4) is 0 Å². The van der Waals surface area contributed by atoms with Gasteiger partial charge in [0, 0.05) is 11.9 Å². The van der Waals surface area contributed by atoms with E-state index < -0.39 is 0 Å². The highest BCUT2D eigenvalue weighted by molar-refractivity contribution is 9.10. The average Bonchev–Trinajstić information content (AvgIpc) is 2.27. The molecular weight excluding hydrogens is 307 g/mol. The van der Waals surface area contributed by atoms with Gasteiger partial charge in [0.2, 0.25) is 0 Å². The van der Waals surface area contributed by atoms with E-state index in [0.29, 0.717) is 16.4 Å². The Balaban J connectivity index is 2.28. The SMILES string of the molecule is Cc1cc(Nc2ncc(Cl)cc2Br)ccc1F. The van der Waals surface area contributed by atoms with Crippen LogP contribution in [0.2, 0.25) is 5.02 Å². The van der Waals surface area contributed by atoms with Crippen molar-refractivity contribution in [1.82, 2.24) is 4.98 Å². The third kappa shape index (κ3) is 2.96. The summed E-state index contributed by atoms with van der Waals surface area (Å²) >= 11 is 9.15. The summed E-state index contributed by atoms with van der Waals surface area (Å²) in [5.74, 6) is 0.416. The molecule has 1 aromatic heterocycles. The second-order valence-corrected chi connectivity index (χ2v) is 4.86. The third-order valence-electron chi connectivity index (χ3n) is 2.23. The normalized spacial score (nSPS) is 10.4. The lowest BCUT2D eigenvalue weighted by molar-refractivity contribution is 0.619. The summed E-state index contributed by atoms with van der Waals surface area (Å²) in [6.07, 6.45) is 1.55. The molecule has 2 nitrogen and oxygen atoms in total. The predicted molar refractivity (Wildman–Crippen MR) is 71.4 cm³/mol. The minimum atomic E-state index is -0.223. The zero-order chi connectivity index (χ0) is 12.4. The molecule has 1 aromatic carbocycles. The molecule has 0 aliphatic rings. The van der Waals surface area contributed by atoms with Crippen LogP contribution in [0.15, 0.2) is 34.9 Å². The van der Waals surface area contributed by atoms with Gasteiger partial charge in [0.1, 0.15) is 11.6 Å². The Morgan fingerprint density at radius 2 is 2.12 bits per heavy atom. The van der Waals surface area contributed by atoms with E-state index in [4.69, 9.17) is 11.6 Å². The molecule has 17 heavy (non-hydrogen) atoms. The molecule has 0 unspecified atom stereocenters. The quantitative estimate of drug-likeness (QED) is 0.869. The van der Waals surface area contributed by atoms with Gasteiger partial charge in [-0.1, -0.05) is 11.6 Å². The molecule has 0 aliphatic heterocycles. The summed E-state index contributed by atoms with van der Waals surface area (Å²) in [5.41, 5.74) is 1.36. The predicted octanol–water partition coefficient (Wildman–Crippen LogP) is 4.69. The van der Waals surface area contributed by atoms with Crippen LogP contribution in [0.3, 0.4) is 0 Å². The second kappa shape index (κ2) is 5.02. The van der Waals surface area contributed by atoms with Crippen molar-refractivity contribution in [3.63, 3.8) is 0 Å². The maximum absolute atomic E-state index is 13.1. The first-order valence-electron chi connectivity index (χ1n) is 4.90. The number of pyridine rings is 1. The van der Waals surface area contributed by atoms with Crippen molar-refractivity contribution >= 4 is 39.0 Å². The number of nitrogens with one attached hydrogen (secondary N) is 1. The highest BCUT2D eigenvalue weighted by atomic mass is 79.9. The van der Waals surface area contributed by atoms with E-state index in [1.165, 1.54) is 6.07 Å². The molecule has 2 rings (SSSR count). The Bertz CT molecular complexity index is 560. The van der Waals surface area contributed by atoms with Crippen LogP contribution in [-0.4, -0.2) is 4.98 Å². The number of nitrogens with zero attached hydrogens (tertiary/aromatic N) is 1. The fourth-order valence-electron chi connectivity index (χ4n) is 1.37. The highest BCUT2D eigenvalue weighted by Gasteiger charge is 2.04. The molecular formula is C12H9BrClFN2. The van der Waals surface area contributed by atoms with E-state index in [-0.39, 0.29) is 5.82 Å². The van der Waals surface area contributed by atoms with Crippen LogP contribution >= 0.6 is 27.5 Å². The first-order chi connectivity index (χ1) is 8.06. The van der Waals surface area contributed by atoms with E-state index in [9.17, 15) is 4.39 Å². The Labute approximate surface area is 112 Å². The molecule has 5 heteroatoms. The van der Waals surface area contributed by atoms with Crippen molar-refractivity contribution in [1.29, 1.82) is 0 Å². The number of rotatable bonds is 2. The molecule has 0 saturated heterocycles. The summed E-state index contributed by atoms with van der Waals surface area (Å²) in [6.45, 7) is 1.71. The molecule has 1 N–H and O–H groups in total. The lowest BCUT2D eigenvalue weighted by atomic mass is 10.2. The summed E-state index contributed by atoms with van der Waals surface area (Å²) in [4.78, 5) is 4.14. The van der Waals surface area contributed by atoms with Crippen LogP contribution in [-0.2, 0) is 0 Å². The fourth-order valence-corrected chi connectivity index (χ4v) is 2.10. The summed E-state index contributed by atoms with van der Waals surface area (Å²) in [7, 11) is 0. The Morgan fingerprint density at radius 3 is 2.76 bits per heavy atom. The lowest BCUT2D eigenvalue weighted by Gasteiger charge is -2.08. The van der Waals surface area contributed by atoms with Gasteiger partial charge in [0.15, 0.2) is 0 Å². The number of hydrogen-bond acceptors (Lipinski definition) is 2. The molecule has 0 atom stereocenters. The van der Waals surface area contributed by atoms with Crippen LogP contribution in [0.1, 0.15) is 5.56 Å². The van der Waals surface area contributed by atoms with Crippen molar-refractivity contribution in [2.24, 2.45) is 0 Å². The molecule has 0 saturated carbocycles. The number of anilines is 2. The average molecular weight is 316 g/mol. The number of aryl methyl sites for hydroxylation is 1. The Kier molecular flexibility index (Phi) is 3.64. The summed E-state index contributed by atoms with van der Waals surface area (Å²) in [6, 6.07) is 6.54. The first-order valence-corrected chi connectivity index (χ1v) is 6.07. The second-order valence-electron chi connectivity index (χ2n) is 3.57. The van der Waals surface area contributed by atoms with Crippen LogP contribution in [0.5, 0.6) is 0 Å². The molecule has 88 valence electrons. The van der Waals surface area contributed by atoms with Gasteiger partial charge in [-0.15, -0.1) is 0 Å². The van der Waals surface area contributed by atoms with Gasteiger partial charge in [-0.2, -0.15) is 0 Å². The highest BCUT2D eigenvalue weighted by Crippen LogP contribution is 2.26. The van der Waals surface area contributed by atoms with Gasteiger partial charge >= 0.3 is 0 Å². The summed E-state index contributed by atoms with van der Waals surface area (Å²) in [5, 5.41) is 3.64. The van der Waals surface area contributed by atoms with E-state index in [2.05, 4.69) is 26.2 Å². The Morgan fingerprint density at radius 1 is 1.35 bits per heavy atom. The minimum Gasteiger partial charge on any atom is -0.339 e. The zero-order valence-electron chi connectivity index (χ0n) is 8.97. The monoisotopic (exact) mass is 314 g/mol. The van der Waals surface area contributed by atoms with E-state index >= 15 is 0 Å². The molecule has 0 fully saturated rings. The molecule has 0 amide bonds. The lowest BCUT2D eigenvalue weighted by Crippen LogP contribution is -1.95. The van der Waals surface area contributed by atoms with Crippen LogP contribution in [0, 0.1) is 12.7 Å². The zero-order valence-corrected chi connectivity index (χ0v) is 11.3. The number of hydrogen-bond donors (Lipinski definition) is 1. The van der Waals surface area contributed by atoms with E-state index in [0.717, 1.165) is 10.2 Å². The smallest absolute Gasteiger partial charge is 0.144 e.